The summed E-state index contributed by atoms with van der Waals surface area (Å²) in [5.41, 5.74) is 0.838. The molecule has 1 amide bonds. The van der Waals surface area contributed by atoms with Crippen molar-refractivity contribution in [3.05, 3.63) is 29.3 Å². The Morgan fingerprint density at radius 1 is 1.53 bits per heavy atom. The number of rotatable bonds is 2. The lowest BCUT2D eigenvalue weighted by Gasteiger charge is -2.33. The predicted molar refractivity (Wildman–Crippen MR) is 72.3 cm³/mol. The van der Waals surface area contributed by atoms with Crippen molar-refractivity contribution in [1.29, 1.82) is 0 Å². The van der Waals surface area contributed by atoms with Crippen LogP contribution >= 0.6 is 11.3 Å². The number of nitrogens with zero attached hydrogens (tertiary/aromatic N) is 2. The Bertz CT molecular complexity index is 565. The van der Waals surface area contributed by atoms with Gasteiger partial charge < -0.3 is 14.7 Å². The van der Waals surface area contributed by atoms with Gasteiger partial charge in [-0.15, -0.1) is 11.3 Å². The van der Waals surface area contributed by atoms with Crippen molar-refractivity contribution in [3.8, 4) is 0 Å². The Labute approximate surface area is 114 Å². The van der Waals surface area contributed by atoms with E-state index in [1.54, 1.807) is 4.90 Å². The number of thiazole rings is 1. The van der Waals surface area contributed by atoms with Crippen molar-refractivity contribution in [1.82, 2.24) is 9.88 Å². The van der Waals surface area contributed by atoms with Crippen molar-refractivity contribution in [3.63, 3.8) is 0 Å². The number of aromatic nitrogens is 1. The van der Waals surface area contributed by atoms with Gasteiger partial charge in [-0.05, 0) is 12.1 Å². The summed E-state index contributed by atoms with van der Waals surface area (Å²) in [6.07, 6.45) is 0. The molecule has 0 aliphatic carbocycles. The summed E-state index contributed by atoms with van der Waals surface area (Å²) in [4.78, 5) is 18.5. The first-order valence-corrected chi connectivity index (χ1v) is 6.96. The van der Waals surface area contributed by atoms with Crippen LogP contribution in [0.15, 0.2) is 24.3 Å². The number of para-hydroxylation sites is 1. The minimum Gasteiger partial charge on any atom is -0.394 e. The fourth-order valence-electron chi connectivity index (χ4n) is 2.16. The third-order valence-electron chi connectivity index (χ3n) is 3.18. The molecule has 1 aliphatic rings. The molecule has 1 unspecified atom stereocenters. The number of amides is 1. The number of benzene rings is 1. The molecule has 3 rings (SSSR count). The van der Waals surface area contributed by atoms with Crippen LogP contribution in [0.5, 0.6) is 0 Å². The van der Waals surface area contributed by atoms with E-state index < -0.39 is 0 Å². The maximum absolute atomic E-state index is 12.4. The number of carbonyl (C=O) groups excluding carboxylic acids is 1. The summed E-state index contributed by atoms with van der Waals surface area (Å²) in [5.74, 6) is -0.122. The Balaban J connectivity index is 1.89. The third-order valence-corrected chi connectivity index (χ3v) is 4.20. The van der Waals surface area contributed by atoms with Crippen LogP contribution in [0.1, 0.15) is 9.80 Å². The van der Waals surface area contributed by atoms with Crippen molar-refractivity contribution in [2.45, 2.75) is 6.04 Å². The minimum absolute atomic E-state index is 0.0867. The zero-order chi connectivity index (χ0) is 13.2. The van der Waals surface area contributed by atoms with Crippen molar-refractivity contribution in [2.24, 2.45) is 0 Å². The number of aliphatic hydroxyl groups excluding tert-OH is 1. The first-order chi connectivity index (χ1) is 9.29. The molecule has 1 atom stereocenters. The number of carbonyl (C=O) groups is 1. The highest BCUT2D eigenvalue weighted by molar-refractivity contribution is 7.20. The molecule has 0 bridgehead atoms. The fraction of sp³-hybridized carbons (Fsp3) is 0.385. The largest absolute Gasteiger partial charge is 0.394 e. The Hall–Kier alpha value is -1.50. The van der Waals surface area contributed by atoms with Crippen LogP contribution in [0.4, 0.5) is 0 Å². The highest BCUT2D eigenvalue weighted by atomic mass is 32.1. The first-order valence-electron chi connectivity index (χ1n) is 6.15. The topological polar surface area (TPSA) is 62.7 Å². The molecule has 1 aromatic carbocycles. The second-order valence-electron chi connectivity index (χ2n) is 4.40. The van der Waals surface area contributed by atoms with Crippen LogP contribution < -0.4 is 0 Å². The van der Waals surface area contributed by atoms with E-state index in [2.05, 4.69) is 4.98 Å². The smallest absolute Gasteiger partial charge is 0.283 e. The van der Waals surface area contributed by atoms with Crippen LogP contribution in [-0.4, -0.2) is 53.3 Å². The van der Waals surface area contributed by atoms with Crippen LogP contribution in [-0.2, 0) is 4.74 Å². The number of aliphatic hydroxyl groups is 1. The molecule has 5 nitrogen and oxygen atoms in total. The summed E-state index contributed by atoms with van der Waals surface area (Å²) in [6.45, 7) is 1.30. The zero-order valence-electron chi connectivity index (χ0n) is 10.3. The van der Waals surface area contributed by atoms with Gasteiger partial charge in [0.2, 0.25) is 0 Å². The molecule has 1 aromatic heterocycles. The van der Waals surface area contributed by atoms with E-state index in [1.165, 1.54) is 11.3 Å². The van der Waals surface area contributed by atoms with Gasteiger partial charge in [0.25, 0.3) is 5.91 Å². The van der Waals surface area contributed by atoms with Gasteiger partial charge in [-0.2, -0.15) is 0 Å². The molecule has 19 heavy (non-hydrogen) atoms. The lowest BCUT2D eigenvalue weighted by molar-refractivity contribution is -0.0183. The molecule has 2 aromatic rings. The SMILES string of the molecule is O=C(c1nc2ccccc2s1)N1CCOCC1CO. The van der Waals surface area contributed by atoms with E-state index in [4.69, 9.17) is 4.74 Å². The Morgan fingerprint density at radius 3 is 3.16 bits per heavy atom. The van der Waals surface area contributed by atoms with Crippen LogP contribution in [0.3, 0.4) is 0 Å². The number of fused-ring (bicyclic) bond motifs is 1. The van der Waals surface area contributed by atoms with Crippen LogP contribution in [0.25, 0.3) is 10.2 Å². The molecule has 1 aliphatic heterocycles. The molecule has 1 fully saturated rings. The molecule has 0 saturated carbocycles. The van der Waals surface area contributed by atoms with Gasteiger partial charge in [0.05, 0.1) is 36.1 Å². The lowest BCUT2D eigenvalue weighted by atomic mass is 10.2. The molecule has 2 heterocycles. The Morgan fingerprint density at radius 2 is 2.37 bits per heavy atom. The van der Waals surface area contributed by atoms with Gasteiger partial charge in [-0.1, -0.05) is 12.1 Å². The van der Waals surface area contributed by atoms with Crippen molar-refractivity contribution in [2.75, 3.05) is 26.4 Å². The lowest BCUT2D eigenvalue weighted by Crippen LogP contribution is -2.50. The second kappa shape index (κ2) is 5.24. The maximum Gasteiger partial charge on any atom is 0.283 e. The summed E-state index contributed by atoms with van der Waals surface area (Å²) < 4.78 is 6.28. The molecule has 6 heteroatoms. The van der Waals surface area contributed by atoms with Crippen molar-refractivity contribution >= 4 is 27.5 Å². The van der Waals surface area contributed by atoms with Gasteiger partial charge in [-0.25, -0.2) is 4.98 Å². The average molecular weight is 278 g/mol. The van der Waals surface area contributed by atoms with Crippen LogP contribution in [0.2, 0.25) is 0 Å². The number of hydrogen-bond donors (Lipinski definition) is 1. The molecule has 0 radical (unpaired) electrons. The quantitative estimate of drug-likeness (QED) is 0.894. The van der Waals surface area contributed by atoms with Gasteiger partial charge in [0.1, 0.15) is 0 Å². The molecule has 100 valence electrons. The van der Waals surface area contributed by atoms with E-state index in [-0.39, 0.29) is 18.6 Å². The Kier molecular flexibility index (Phi) is 3.46. The highest BCUT2D eigenvalue weighted by Crippen LogP contribution is 2.23. The van der Waals surface area contributed by atoms with Gasteiger partial charge in [-0.3, -0.25) is 4.79 Å². The number of ether oxygens (including phenoxy) is 1. The summed E-state index contributed by atoms with van der Waals surface area (Å²) in [6, 6.07) is 7.41. The zero-order valence-corrected chi connectivity index (χ0v) is 11.1. The van der Waals surface area contributed by atoms with E-state index in [1.807, 2.05) is 24.3 Å². The minimum atomic E-state index is -0.270. The van der Waals surface area contributed by atoms with Gasteiger partial charge >= 0.3 is 0 Å². The van der Waals surface area contributed by atoms with Gasteiger partial charge in [0, 0.05) is 6.54 Å². The standard InChI is InChI=1S/C13H14N2O3S/c16-7-9-8-18-6-5-15(9)13(17)12-14-10-3-1-2-4-11(10)19-12/h1-4,9,16H,5-8H2. The highest BCUT2D eigenvalue weighted by Gasteiger charge is 2.29. The third kappa shape index (κ3) is 2.34. The fourth-order valence-corrected chi connectivity index (χ4v) is 3.08. The number of hydrogen-bond acceptors (Lipinski definition) is 5. The van der Waals surface area contributed by atoms with E-state index in [0.29, 0.717) is 24.8 Å². The van der Waals surface area contributed by atoms with E-state index in [9.17, 15) is 9.90 Å². The first kappa shape index (κ1) is 12.5. The summed E-state index contributed by atoms with van der Waals surface area (Å²) >= 11 is 1.39. The van der Waals surface area contributed by atoms with Crippen LogP contribution in [0, 0.1) is 0 Å². The summed E-state index contributed by atoms with van der Waals surface area (Å²) in [7, 11) is 0. The maximum atomic E-state index is 12.4. The molecule has 1 N–H and O–H groups in total. The van der Waals surface area contributed by atoms with E-state index >= 15 is 0 Å². The predicted octanol–water partition coefficient (Wildman–Crippen LogP) is 1.13. The van der Waals surface area contributed by atoms with Crippen molar-refractivity contribution < 1.29 is 14.6 Å². The molecular weight excluding hydrogens is 264 g/mol. The molecule has 1 saturated heterocycles. The van der Waals surface area contributed by atoms with E-state index in [0.717, 1.165) is 10.2 Å². The number of morpholine rings is 1. The molecule has 0 spiro atoms. The van der Waals surface area contributed by atoms with Gasteiger partial charge in [0.15, 0.2) is 5.01 Å². The second-order valence-corrected chi connectivity index (χ2v) is 5.43. The average Bonchev–Trinajstić information content (AvgIpc) is 2.90. The summed E-state index contributed by atoms with van der Waals surface area (Å²) in [5, 5.41) is 9.78. The molecular formula is C13H14N2O3S. The monoisotopic (exact) mass is 278 g/mol. The normalized spacial score (nSPS) is 19.8.